The van der Waals surface area contributed by atoms with Crippen molar-refractivity contribution in [3.8, 4) is 6.07 Å². The standard InChI is InChI=1S/C13H14N4S/c1-13(2,12-16-5-6-18-12)17-11-7-9(8-14)3-4-10(11)15/h3-7,17H,15H2,1-2H3. The molecule has 0 spiro atoms. The van der Waals surface area contributed by atoms with Crippen LogP contribution in [0.5, 0.6) is 0 Å². The third-order valence-electron chi connectivity index (χ3n) is 2.60. The molecule has 4 nitrogen and oxygen atoms in total. The molecule has 0 amide bonds. The first-order chi connectivity index (χ1) is 8.53. The van der Waals surface area contributed by atoms with E-state index in [0.717, 1.165) is 10.7 Å². The van der Waals surface area contributed by atoms with Gasteiger partial charge in [-0.3, -0.25) is 0 Å². The molecule has 0 aliphatic heterocycles. The van der Waals surface area contributed by atoms with E-state index >= 15 is 0 Å². The van der Waals surface area contributed by atoms with Gasteiger partial charge in [0, 0.05) is 11.6 Å². The number of hydrogen-bond acceptors (Lipinski definition) is 5. The molecule has 1 heterocycles. The second kappa shape index (κ2) is 4.67. The van der Waals surface area contributed by atoms with Crippen molar-refractivity contribution in [3.63, 3.8) is 0 Å². The molecule has 5 heteroatoms. The number of benzene rings is 1. The largest absolute Gasteiger partial charge is 0.397 e. The summed E-state index contributed by atoms with van der Waals surface area (Å²) in [6.07, 6.45) is 1.78. The van der Waals surface area contributed by atoms with Gasteiger partial charge in [-0.1, -0.05) is 0 Å². The highest BCUT2D eigenvalue weighted by molar-refractivity contribution is 7.09. The molecule has 2 aromatic rings. The van der Waals surface area contributed by atoms with Gasteiger partial charge in [0.2, 0.25) is 0 Å². The Kier molecular flexibility index (Phi) is 3.21. The number of aromatic nitrogens is 1. The minimum atomic E-state index is -0.323. The Hall–Kier alpha value is -2.06. The molecule has 92 valence electrons. The van der Waals surface area contributed by atoms with Crippen LogP contribution in [-0.2, 0) is 5.54 Å². The number of thiazole rings is 1. The van der Waals surface area contributed by atoms with Gasteiger partial charge in [0.15, 0.2) is 0 Å². The highest BCUT2D eigenvalue weighted by atomic mass is 32.1. The fourth-order valence-electron chi connectivity index (χ4n) is 1.66. The van der Waals surface area contributed by atoms with Gasteiger partial charge in [-0.15, -0.1) is 11.3 Å². The van der Waals surface area contributed by atoms with Crippen molar-refractivity contribution in [2.45, 2.75) is 19.4 Å². The zero-order valence-corrected chi connectivity index (χ0v) is 11.1. The molecule has 1 aromatic carbocycles. The van der Waals surface area contributed by atoms with Gasteiger partial charge < -0.3 is 11.1 Å². The molecule has 0 saturated carbocycles. The van der Waals surface area contributed by atoms with Crippen LogP contribution in [0.3, 0.4) is 0 Å². The summed E-state index contributed by atoms with van der Waals surface area (Å²) in [4.78, 5) is 4.31. The number of rotatable bonds is 3. The molecule has 18 heavy (non-hydrogen) atoms. The summed E-state index contributed by atoms with van der Waals surface area (Å²) in [5, 5.41) is 15.2. The zero-order valence-electron chi connectivity index (χ0n) is 10.3. The van der Waals surface area contributed by atoms with Gasteiger partial charge in [-0.25, -0.2) is 4.98 Å². The van der Waals surface area contributed by atoms with E-state index in [9.17, 15) is 0 Å². The lowest BCUT2D eigenvalue weighted by Crippen LogP contribution is -2.28. The molecule has 0 aliphatic carbocycles. The van der Waals surface area contributed by atoms with Crippen LogP contribution in [-0.4, -0.2) is 4.98 Å². The van der Waals surface area contributed by atoms with Crippen LogP contribution < -0.4 is 11.1 Å². The number of nitrogen functional groups attached to an aromatic ring is 1. The lowest BCUT2D eigenvalue weighted by atomic mass is 10.1. The Morgan fingerprint density at radius 2 is 2.22 bits per heavy atom. The maximum atomic E-state index is 8.91. The van der Waals surface area contributed by atoms with Gasteiger partial charge >= 0.3 is 0 Å². The Bertz CT molecular complexity index is 582. The van der Waals surface area contributed by atoms with Gasteiger partial charge in [0.05, 0.1) is 28.5 Å². The van der Waals surface area contributed by atoms with E-state index in [1.165, 1.54) is 0 Å². The fraction of sp³-hybridized carbons (Fsp3) is 0.231. The van der Waals surface area contributed by atoms with Crippen molar-refractivity contribution < 1.29 is 0 Å². The number of nitriles is 1. The maximum absolute atomic E-state index is 8.91. The monoisotopic (exact) mass is 258 g/mol. The molecule has 0 unspecified atom stereocenters. The molecule has 2 rings (SSSR count). The summed E-state index contributed by atoms with van der Waals surface area (Å²) < 4.78 is 0. The lowest BCUT2D eigenvalue weighted by molar-refractivity contribution is 0.604. The van der Waals surface area contributed by atoms with Gasteiger partial charge in [-0.05, 0) is 32.0 Å². The SMILES string of the molecule is CC(C)(Nc1cc(C#N)ccc1N)c1nccs1. The second-order valence-corrected chi connectivity index (χ2v) is 5.40. The van der Waals surface area contributed by atoms with E-state index in [0.29, 0.717) is 11.3 Å². The number of nitrogens with zero attached hydrogens (tertiary/aromatic N) is 2. The first kappa shape index (κ1) is 12.4. The Morgan fingerprint density at radius 3 is 2.83 bits per heavy atom. The molecule has 0 aliphatic rings. The topological polar surface area (TPSA) is 74.7 Å². The number of nitrogens with one attached hydrogen (secondary N) is 1. The van der Waals surface area contributed by atoms with Crippen LogP contribution in [0.25, 0.3) is 0 Å². The minimum Gasteiger partial charge on any atom is -0.397 e. The third-order valence-corrected chi connectivity index (χ3v) is 3.69. The predicted molar refractivity (Wildman–Crippen MR) is 74.3 cm³/mol. The molecule has 0 atom stereocenters. The van der Waals surface area contributed by atoms with Crippen LogP contribution in [0.1, 0.15) is 24.4 Å². The molecule has 0 saturated heterocycles. The van der Waals surface area contributed by atoms with E-state index in [4.69, 9.17) is 11.0 Å². The smallest absolute Gasteiger partial charge is 0.117 e. The minimum absolute atomic E-state index is 0.323. The fourth-order valence-corrected chi connectivity index (χ4v) is 2.37. The van der Waals surface area contributed by atoms with E-state index in [2.05, 4.69) is 16.4 Å². The number of anilines is 2. The Labute approximate surface area is 110 Å². The highest BCUT2D eigenvalue weighted by Gasteiger charge is 2.23. The highest BCUT2D eigenvalue weighted by Crippen LogP contribution is 2.30. The van der Waals surface area contributed by atoms with Crippen LogP contribution in [0.2, 0.25) is 0 Å². The molecule has 3 N–H and O–H groups in total. The summed E-state index contributed by atoms with van der Waals surface area (Å²) in [5.74, 6) is 0. The Balaban J connectivity index is 2.32. The third kappa shape index (κ3) is 2.44. The second-order valence-electron chi connectivity index (χ2n) is 4.50. The summed E-state index contributed by atoms with van der Waals surface area (Å²) in [6, 6.07) is 7.30. The molecule has 0 bridgehead atoms. The van der Waals surface area contributed by atoms with Gasteiger partial charge in [0.1, 0.15) is 5.01 Å². The zero-order chi connectivity index (χ0) is 13.2. The molecular weight excluding hydrogens is 244 g/mol. The first-order valence-corrected chi connectivity index (χ1v) is 6.38. The molecule has 0 fully saturated rings. The van der Waals surface area contributed by atoms with Crippen LogP contribution >= 0.6 is 11.3 Å². The van der Waals surface area contributed by atoms with Crippen molar-refractivity contribution in [2.75, 3.05) is 11.1 Å². The summed E-state index contributed by atoms with van der Waals surface area (Å²) in [7, 11) is 0. The van der Waals surface area contributed by atoms with Crippen LogP contribution in [0.4, 0.5) is 11.4 Å². The average Bonchev–Trinajstić information content (AvgIpc) is 2.86. The first-order valence-electron chi connectivity index (χ1n) is 5.51. The summed E-state index contributed by atoms with van der Waals surface area (Å²) in [6.45, 7) is 4.06. The van der Waals surface area contributed by atoms with Gasteiger partial charge in [-0.2, -0.15) is 5.26 Å². The van der Waals surface area contributed by atoms with E-state index in [1.807, 2.05) is 19.2 Å². The quantitative estimate of drug-likeness (QED) is 0.830. The van der Waals surface area contributed by atoms with E-state index in [1.54, 1.807) is 35.7 Å². The van der Waals surface area contributed by atoms with E-state index in [-0.39, 0.29) is 5.54 Å². The Morgan fingerprint density at radius 1 is 1.44 bits per heavy atom. The van der Waals surface area contributed by atoms with Crippen molar-refractivity contribution in [1.82, 2.24) is 4.98 Å². The van der Waals surface area contributed by atoms with Crippen molar-refractivity contribution in [1.29, 1.82) is 5.26 Å². The normalized spacial score (nSPS) is 10.9. The maximum Gasteiger partial charge on any atom is 0.117 e. The van der Waals surface area contributed by atoms with Crippen LogP contribution in [0.15, 0.2) is 29.8 Å². The molecule has 0 radical (unpaired) electrons. The van der Waals surface area contributed by atoms with Crippen LogP contribution in [0, 0.1) is 11.3 Å². The predicted octanol–water partition coefficient (Wildman–Crippen LogP) is 2.94. The molecular formula is C13H14N4S. The van der Waals surface area contributed by atoms with E-state index < -0.39 is 0 Å². The average molecular weight is 258 g/mol. The van der Waals surface area contributed by atoms with Gasteiger partial charge in [0.25, 0.3) is 0 Å². The summed E-state index contributed by atoms with van der Waals surface area (Å²) >= 11 is 1.59. The summed E-state index contributed by atoms with van der Waals surface area (Å²) in [5.41, 5.74) is 7.56. The lowest BCUT2D eigenvalue weighted by Gasteiger charge is -2.26. The van der Waals surface area contributed by atoms with Crippen molar-refractivity contribution in [2.24, 2.45) is 0 Å². The number of hydrogen-bond donors (Lipinski definition) is 2. The van der Waals surface area contributed by atoms with Crippen molar-refractivity contribution >= 4 is 22.7 Å². The number of nitrogens with two attached hydrogens (primary N) is 1. The van der Waals surface area contributed by atoms with Crippen molar-refractivity contribution in [3.05, 3.63) is 40.3 Å². The molecule has 1 aromatic heterocycles.